The molecule has 0 spiro atoms. The molecule has 0 bridgehead atoms. The van der Waals surface area contributed by atoms with Crippen LogP contribution in [0.4, 0.5) is 5.95 Å². The van der Waals surface area contributed by atoms with Gasteiger partial charge in [0.25, 0.3) is 0 Å². The van der Waals surface area contributed by atoms with Gasteiger partial charge in [-0.2, -0.15) is 0 Å². The second-order valence-electron chi connectivity index (χ2n) is 6.51. The molecule has 1 aliphatic heterocycles. The van der Waals surface area contributed by atoms with E-state index in [-0.39, 0.29) is 6.10 Å². The monoisotopic (exact) mass is 373 g/mol. The van der Waals surface area contributed by atoms with E-state index in [9.17, 15) is 0 Å². The first-order chi connectivity index (χ1) is 13.8. The molecule has 2 aromatic heterocycles. The number of hydrogen-bond donors (Lipinski definition) is 2. The summed E-state index contributed by atoms with van der Waals surface area (Å²) in [6, 6.07) is 15.6. The standard InChI is InChI=1S/C21H19N5O2/c1-2-22-21-23-10-9-14(26-21)13-7-8-15-16(11-13)25-20(24-15)19-12-27-17-5-3-4-6-18(17)28-19/h3-11,19H,2,12H2,1H3,(H,24,25)(H,22,23,26). The highest BCUT2D eigenvalue weighted by molar-refractivity contribution is 5.81. The highest BCUT2D eigenvalue weighted by atomic mass is 16.6. The van der Waals surface area contributed by atoms with Gasteiger partial charge in [-0.15, -0.1) is 0 Å². The van der Waals surface area contributed by atoms with E-state index in [0.29, 0.717) is 12.6 Å². The van der Waals surface area contributed by atoms with Crippen LogP contribution in [-0.4, -0.2) is 33.1 Å². The molecule has 0 aliphatic carbocycles. The number of imidazole rings is 1. The molecule has 5 rings (SSSR count). The van der Waals surface area contributed by atoms with Crippen LogP contribution in [0.15, 0.2) is 54.7 Å². The summed E-state index contributed by atoms with van der Waals surface area (Å²) in [6.45, 7) is 3.21. The van der Waals surface area contributed by atoms with Gasteiger partial charge < -0.3 is 19.8 Å². The number of anilines is 1. The third-order valence-electron chi connectivity index (χ3n) is 4.60. The lowest BCUT2D eigenvalue weighted by Gasteiger charge is -2.24. The number of para-hydroxylation sites is 2. The van der Waals surface area contributed by atoms with Crippen molar-refractivity contribution < 1.29 is 9.47 Å². The number of benzene rings is 2. The van der Waals surface area contributed by atoms with Gasteiger partial charge >= 0.3 is 0 Å². The molecule has 0 saturated heterocycles. The Bertz CT molecular complexity index is 1140. The minimum Gasteiger partial charge on any atom is -0.485 e. The molecule has 2 N–H and O–H groups in total. The quantitative estimate of drug-likeness (QED) is 0.563. The van der Waals surface area contributed by atoms with Crippen molar-refractivity contribution in [2.24, 2.45) is 0 Å². The molecular formula is C21H19N5O2. The summed E-state index contributed by atoms with van der Waals surface area (Å²) in [5, 5.41) is 3.14. The van der Waals surface area contributed by atoms with Crippen molar-refractivity contribution in [1.29, 1.82) is 0 Å². The van der Waals surface area contributed by atoms with E-state index in [1.807, 2.05) is 55.5 Å². The third-order valence-corrected chi connectivity index (χ3v) is 4.60. The summed E-state index contributed by atoms with van der Waals surface area (Å²) >= 11 is 0. The third kappa shape index (κ3) is 3.00. The molecule has 2 aromatic carbocycles. The second-order valence-corrected chi connectivity index (χ2v) is 6.51. The van der Waals surface area contributed by atoms with Gasteiger partial charge in [-0.1, -0.05) is 18.2 Å². The number of aromatic nitrogens is 4. The van der Waals surface area contributed by atoms with Gasteiger partial charge in [0.1, 0.15) is 6.61 Å². The first-order valence-electron chi connectivity index (χ1n) is 9.25. The lowest BCUT2D eigenvalue weighted by Crippen LogP contribution is -2.22. The van der Waals surface area contributed by atoms with Crippen LogP contribution in [0.2, 0.25) is 0 Å². The maximum Gasteiger partial charge on any atom is 0.223 e. The Balaban J connectivity index is 1.45. The summed E-state index contributed by atoms with van der Waals surface area (Å²) in [5.41, 5.74) is 3.66. The second kappa shape index (κ2) is 6.84. The van der Waals surface area contributed by atoms with Gasteiger partial charge in [-0.3, -0.25) is 0 Å². The zero-order chi connectivity index (χ0) is 18.9. The summed E-state index contributed by atoms with van der Waals surface area (Å²) in [4.78, 5) is 16.8. The maximum atomic E-state index is 6.06. The van der Waals surface area contributed by atoms with Crippen molar-refractivity contribution in [2.75, 3.05) is 18.5 Å². The molecule has 1 aliphatic rings. The van der Waals surface area contributed by atoms with Crippen molar-refractivity contribution in [2.45, 2.75) is 13.0 Å². The van der Waals surface area contributed by atoms with Crippen LogP contribution in [0.1, 0.15) is 18.9 Å². The van der Waals surface area contributed by atoms with Crippen molar-refractivity contribution >= 4 is 17.0 Å². The number of ether oxygens (including phenoxy) is 2. The minimum absolute atomic E-state index is 0.273. The van der Waals surface area contributed by atoms with Gasteiger partial charge in [0, 0.05) is 18.3 Å². The van der Waals surface area contributed by atoms with Crippen LogP contribution >= 0.6 is 0 Å². The van der Waals surface area contributed by atoms with Gasteiger partial charge in [-0.25, -0.2) is 15.0 Å². The molecule has 140 valence electrons. The normalized spacial score (nSPS) is 15.5. The first kappa shape index (κ1) is 16.6. The minimum atomic E-state index is -0.273. The summed E-state index contributed by atoms with van der Waals surface area (Å²) in [7, 11) is 0. The topological polar surface area (TPSA) is 85.0 Å². The van der Waals surface area contributed by atoms with Crippen molar-refractivity contribution in [3.63, 3.8) is 0 Å². The van der Waals surface area contributed by atoms with Crippen LogP contribution in [0.25, 0.3) is 22.3 Å². The van der Waals surface area contributed by atoms with E-state index >= 15 is 0 Å². The van der Waals surface area contributed by atoms with E-state index in [1.54, 1.807) is 6.20 Å². The average molecular weight is 373 g/mol. The Morgan fingerprint density at radius 3 is 2.89 bits per heavy atom. The Morgan fingerprint density at radius 2 is 2.00 bits per heavy atom. The fourth-order valence-electron chi connectivity index (χ4n) is 3.26. The lowest BCUT2D eigenvalue weighted by atomic mass is 10.1. The number of fused-ring (bicyclic) bond motifs is 2. The van der Waals surface area contributed by atoms with Gasteiger partial charge in [0.15, 0.2) is 23.4 Å². The highest BCUT2D eigenvalue weighted by Crippen LogP contribution is 2.35. The van der Waals surface area contributed by atoms with Crippen LogP contribution in [0.3, 0.4) is 0 Å². The summed E-state index contributed by atoms with van der Waals surface area (Å²) < 4.78 is 11.9. The Kier molecular flexibility index (Phi) is 4.05. The molecule has 0 saturated carbocycles. The fraction of sp³-hybridized carbons (Fsp3) is 0.190. The maximum absolute atomic E-state index is 6.06. The summed E-state index contributed by atoms with van der Waals surface area (Å²) in [6.07, 6.45) is 1.48. The molecule has 7 nitrogen and oxygen atoms in total. The highest BCUT2D eigenvalue weighted by Gasteiger charge is 2.25. The Hall–Kier alpha value is -3.61. The molecule has 0 fully saturated rings. The van der Waals surface area contributed by atoms with Gasteiger partial charge in [-0.05, 0) is 37.3 Å². The van der Waals surface area contributed by atoms with Crippen LogP contribution in [0, 0.1) is 0 Å². The predicted molar refractivity (Wildman–Crippen MR) is 107 cm³/mol. The van der Waals surface area contributed by atoms with Crippen molar-refractivity contribution in [1.82, 2.24) is 19.9 Å². The van der Waals surface area contributed by atoms with Crippen LogP contribution in [-0.2, 0) is 0 Å². The molecule has 7 heteroatoms. The van der Waals surface area contributed by atoms with E-state index in [4.69, 9.17) is 9.47 Å². The predicted octanol–water partition coefficient (Wildman–Crippen LogP) is 3.96. The van der Waals surface area contributed by atoms with E-state index < -0.39 is 0 Å². The van der Waals surface area contributed by atoms with Gasteiger partial charge in [0.2, 0.25) is 5.95 Å². The van der Waals surface area contributed by atoms with Gasteiger partial charge in [0.05, 0.1) is 16.7 Å². The number of nitrogens with one attached hydrogen (secondary N) is 2. The molecule has 1 atom stereocenters. The van der Waals surface area contributed by atoms with Crippen LogP contribution in [0.5, 0.6) is 11.5 Å². The molecule has 3 heterocycles. The zero-order valence-electron chi connectivity index (χ0n) is 15.3. The zero-order valence-corrected chi connectivity index (χ0v) is 15.3. The van der Waals surface area contributed by atoms with Crippen molar-refractivity contribution in [3.8, 4) is 22.8 Å². The Labute approximate surface area is 161 Å². The lowest BCUT2D eigenvalue weighted by molar-refractivity contribution is 0.0859. The smallest absolute Gasteiger partial charge is 0.223 e. The first-order valence-corrected chi connectivity index (χ1v) is 9.25. The van der Waals surface area contributed by atoms with E-state index in [2.05, 4.69) is 25.3 Å². The molecule has 4 aromatic rings. The van der Waals surface area contributed by atoms with Crippen LogP contribution < -0.4 is 14.8 Å². The molecule has 0 amide bonds. The number of hydrogen-bond acceptors (Lipinski definition) is 6. The Morgan fingerprint density at radius 1 is 1.11 bits per heavy atom. The van der Waals surface area contributed by atoms with E-state index in [1.165, 1.54) is 0 Å². The average Bonchev–Trinajstić information content (AvgIpc) is 3.17. The molecular weight excluding hydrogens is 354 g/mol. The molecule has 0 radical (unpaired) electrons. The number of nitrogens with zero attached hydrogens (tertiary/aromatic N) is 3. The molecule has 28 heavy (non-hydrogen) atoms. The SMILES string of the molecule is CCNc1nccc(-c2ccc3nc(C4COc5ccccc5O4)[nH]c3c2)n1. The number of H-pyrrole nitrogens is 1. The fourth-order valence-corrected chi connectivity index (χ4v) is 3.26. The van der Waals surface area contributed by atoms with Crippen molar-refractivity contribution in [3.05, 3.63) is 60.6 Å². The number of rotatable bonds is 4. The largest absolute Gasteiger partial charge is 0.485 e. The summed E-state index contributed by atoms with van der Waals surface area (Å²) in [5.74, 6) is 2.86. The number of aromatic amines is 1. The molecule has 1 unspecified atom stereocenters. The van der Waals surface area contributed by atoms with E-state index in [0.717, 1.165) is 46.2 Å².